The van der Waals surface area contributed by atoms with Gasteiger partial charge in [-0.2, -0.15) is 0 Å². The number of benzene rings is 1. The maximum absolute atomic E-state index is 14.0. The van der Waals surface area contributed by atoms with Crippen LogP contribution in [0.2, 0.25) is 0 Å². The van der Waals surface area contributed by atoms with E-state index in [9.17, 15) is 9.18 Å². The van der Waals surface area contributed by atoms with Crippen molar-refractivity contribution < 1.29 is 19.1 Å². The van der Waals surface area contributed by atoms with Gasteiger partial charge in [-0.3, -0.25) is 9.69 Å². The first-order valence-corrected chi connectivity index (χ1v) is 7.09. The Morgan fingerprint density at radius 1 is 1.59 bits per heavy atom. The highest BCUT2D eigenvalue weighted by Crippen LogP contribution is 2.29. The van der Waals surface area contributed by atoms with Crippen LogP contribution in [0.4, 0.5) is 4.39 Å². The van der Waals surface area contributed by atoms with Crippen LogP contribution in [0.3, 0.4) is 0 Å². The van der Waals surface area contributed by atoms with Crippen molar-refractivity contribution in [3.05, 3.63) is 29.1 Å². The normalized spacial score (nSPS) is 16.3. The van der Waals surface area contributed by atoms with Gasteiger partial charge >= 0.3 is 0 Å². The summed E-state index contributed by atoms with van der Waals surface area (Å²) in [5.74, 6) is 0.0291. The number of hydrogen-bond donors (Lipinski definition) is 2. The van der Waals surface area contributed by atoms with Gasteiger partial charge in [0, 0.05) is 36.8 Å². The van der Waals surface area contributed by atoms with E-state index >= 15 is 0 Å². The summed E-state index contributed by atoms with van der Waals surface area (Å²) >= 11 is 0. The van der Waals surface area contributed by atoms with Crippen molar-refractivity contribution in [1.29, 1.82) is 0 Å². The van der Waals surface area contributed by atoms with Crippen LogP contribution < -0.4 is 10.1 Å². The average molecular weight is 309 g/mol. The summed E-state index contributed by atoms with van der Waals surface area (Å²) in [6, 6.07) is 2.94. The van der Waals surface area contributed by atoms with E-state index in [-0.39, 0.29) is 11.9 Å². The smallest absolute Gasteiger partial charge is 0.266 e. The lowest BCUT2D eigenvalue weighted by Crippen LogP contribution is -2.44. The summed E-state index contributed by atoms with van der Waals surface area (Å²) in [6.07, 6.45) is 1.52. The number of halogens is 1. The molecule has 0 fully saturated rings. The van der Waals surface area contributed by atoms with Gasteiger partial charge in [-0.1, -0.05) is 5.16 Å². The first kappa shape index (κ1) is 16.2. The third-order valence-corrected chi connectivity index (χ3v) is 3.71. The first-order valence-electron chi connectivity index (χ1n) is 7.09. The quantitative estimate of drug-likeness (QED) is 0.486. The number of carbonyl (C=O) groups excluding carboxylic acids is 1. The number of oxime groups is 1. The largest absolute Gasteiger partial charge is 0.496 e. The predicted molar refractivity (Wildman–Crippen MR) is 79.8 cm³/mol. The van der Waals surface area contributed by atoms with E-state index in [0.717, 1.165) is 24.1 Å². The van der Waals surface area contributed by atoms with Gasteiger partial charge in [0.25, 0.3) is 5.91 Å². The number of nitrogens with zero attached hydrogens (tertiary/aromatic N) is 2. The molecule has 1 amide bonds. The first-order chi connectivity index (χ1) is 10.5. The monoisotopic (exact) mass is 309 g/mol. The maximum atomic E-state index is 14.0. The highest BCUT2D eigenvalue weighted by molar-refractivity contribution is 6.26. The summed E-state index contributed by atoms with van der Waals surface area (Å²) < 4.78 is 19.3. The zero-order valence-corrected chi connectivity index (χ0v) is 12.7. The van der Waals surface area contributed by atoms with Crippen LogP contribution in [0, 0.1) is 5.82 Å². The van der Waals surface area contributed by atoms with Crippen molar-refractivity contribution in [2.45, 2.75) is 25.9 Å². The molecule has 0 saturated heterocycles. The number of hydrogen-bond acceptors (Lipinski definition) is 5. The van der Waals surface area contributed by atoms with Crippen molar-refractivity contribution in [3.63, 3.8) is 0 Å². The van der Waals surface area contributed by atoms with Gasteiger partial charge in [-0.05, 0) is 25.5 Å². The molecule has 6 nitrogen and oxygen atoms in total. The molecule has 1 aromatic carbocycles. The molecular weight excluding hydrogens is 289 g/mol. The molecule has 2 N–H and O–H groups in total. The molecule has 2 rings (SSSR count). The number of ether oxygens (including phenoxy) is 1. The van der Waals surface area contributed by atoms with E-state index in [1.54, 1.807) is 13.2 Å². The third-order valence-electron chi connectivity index (χ3n) is 3.71. The van der Waals surface area contributed by atoms with Crippen LogP contribution in [0.1, 0.15) is 18.1 Å². The number of amides is 1. The second-order valence-electron chi connectivity index (χ2n) is 5.35. The highest BCUT2D eigenvalue weighted by atomic mass is 19.1. The van der Waals surface area contributed by atoms with Crippen molar-refractivity contribution in [1.82, 2.24) is 10.2 Å². The van der Waals surface area contributed by atoms with E-state index in [0.29, 0.717) is 25.1 Å². The molecule has 1 aliphatic rings. The van der Waals surface area contributed by atoms with Crippen LogP contribution in [0.5, 0.6) is 5.75 Å². The molecule has 1 atom stereocenters. The zero-order valence-electron chi connectivity index (χ0n) is 12.7. The minimum Gasteiger partial charge on any atom is -0.496 e. The molecule has 0 spiro atoms. The summed E-state index contributed by atoms with van der Waals surface area (Å²) in [7, 11) is 1.58. The van der Waals surface area contributed by atoms with Gasteiger partial charge in [-0.15, -0.1) is 0 Å². The van der Waals surface area contributed by atoms with Gasteiger partial charge in [0.05, 0.1) is 7.11 Å². The summed E-state index contributed by atoms with van der Waals surface area (Å²) in [4.78, 5) is 13.4. The van der Waals surface area contributed by atoms with Crippen LogP contribution in [0.25, 0.3) is 0 Å². The number of rotatable bonds is 5. The number of carbonyl (C=O) groups is 1. The topological polar surface area (TPSA) is 74.2 Å². The Labute approximate surface area is 128 Å². The standard InChI is InChI=1S/C15H20FN3O3/c1-10(18-15(20)7-17-21)8-19-6-5-11-12(9-19)13(16)3-4-14(11)22-2/h3-4,7,10,21H,5-6,8-9H2,1-2H3,(H,18,20)/b17-7-/t10-/m0/s1. The SMILES string of the molecule is COc1ccc(F)c2c1CCN(C[C@H](C)NC(=O)/C=N\O)C2. The van der Waals surface area contributed by atoms with Gasteiger partial charge in [-0.25, -0.2) is 4.39 Å². The van der Waals surface area contributed by atoms with Crippen LogP contribution >= 0.6 is 0 Å². The predicted octanol–water partition coefficient (Wildman–Crippen LogP) is 1.16. The van der Waals surface area contributed by atoms with Gasteiger partial charge in [0.15, 0.2) is 0 Å². The Kier molecular flexibility index (Phi) is 5.32. The number of methoxy groups -OCH3 is 1. The molecule has 22 heavy (non-hydrogen) atoms. The molecule has 0 saturated carbocycles. The van der Waals surface area contributed by atoms with Crippen LogP contribution in [-0.2, 0) is 17.8 Å². The fraction of sp³-hybridized carbons (Fsp3) is 0.467. The minimum absolute atomic E-state index is 0.138. The van der Waals surface area contributed by atoms with Crippen molar-refractivity contribution in [2.75, 3.05) is 20.2 Å². The lowest BCUT2D eigenvalue weighted by Gasteiger charge is -2.31. The van der Waals surface area contributed by atoms with E-state index in [2.05, 4.69) is 15.4 Å². The average Bonchev–Trinajstić information content (AvgIpc) is 2.48. The molecule has 0 aromatic heterocycles. The lowest BCUT2D eigenvalue weighted by molar-refractivity contribution is -0.115. The Morgan fingerprint density at radius 3 is 3.05 bits per heavy atom. The molecule has 1 aliphatic heterocycles. The second-order valence-corrected chi connectivity index (χ2v) is 5.35. The van der Waals surface area contributed by atoms with E-state index in [1.165, 1.54) is 6.07 Å². The fourth-order valence-corrected chi connectivity index (χ4v) is 2.77. The molecule has 0 bridgehead atoms. The number of nitrogens with one attached hydrogen (secondary N) is 1. The molecular formula is C15H20FN3O3. The zero-order chi connectivity index (χ0) is 16.1. The van der Waals surface area contributed by atoms with Gasteiger partial charge in [0.1, 0.15) is 17.8 Å². The second kappa shape index (κ2) is 7.22. The minimum atomic E-state index is -0.458. The molecule has 1 heterocycles. The van der Waals surface area contributed by atoms with Crippen molar-refractivity contribution in [2.24, 2.45) is 5.16 Å². The van der Waals surface area contributed by atoms with Crippen molar-refractivity contribution in [3.8, 4) is 5.75 Å². The Morgan fingerprint density at radius 2 is 2.36 bits per heavy atom. The molecule has 0 radical (unpaired) electrons. The lowest BCUT2D eigenvalue weighted by atomic mass is 9.97. The fourth-order valence-electron chi connectivity index (χ4n) is 2.77. The third kappa shape index (κ3) is 3.73. The van der Waals surface area contributed by atoms with E-state index < -0.39 is 5.91 Å². The highest BCUT2D eigenvalue weighted by Gasteiger charge is 2.23. The van der Waals surface area contributed by atoms with Crippen molar-refractivity contribution >= 4 is 12.1 Å². The summed E-state index contributed by atoms with van der Waals surface area (Å²) in [5.41, 5.74) is 1.57. The van der Waals surface area contributed by atoms with Crippen LogP contribution in [-0.4, -0.2) is 48.5 Å². The van der Waals surface area contributed by atoms with E-state index in [1.807, 2.05) is 6.92 Å². The Bertz CT molecular complexity index is 577. The van der Waals surface area contributed by atoms with Gasteiger partial charge in [0.2, 0.25) is 0 Å². The summed E-state index contributed by atoms with van der Waals surface area (Å²) in [6.45, 7) is 3.68. The van der Waals surface area contributed by atoms with E-state index in [4.69, 9.17) is 9.94 Å². The molecule has 0 unspecified atom stereocenters. The Balaban J connectivity index is 2.02. The Hall–Kier alpha value is -2.15. The molecule has 7 heteroatoms. The molecule has 120 valence electrons. The maximum Gasteiger partial charge on any atom is 0.266 e. The molecule has 0 aliphatic carbocycles. The van der Waals surface area contributed by atoms with Crippen LogP contribution in [0.15, 0.2) is 17.3 Å². The van der Waals surface area contributed by atoms with Gasteiger partial charge < -0.3 is 15.3 Å². The summed E-state index contributed by atoms with van der Waals surface area (Å²) in [5, 5.41) is 13.7. The number of fused-ring (bicyclic) bond motifs is 1. The molecule has 1 aromatic rings.